The zero-order chi connectivity index (χ0) is 11.9. The number of benzene rings is 1. The third kappa shape index (κ3) is 1.47. The van der Waals surface area contributed by atoms with Gasteiger partial charge in [0.2, 0.25) is 5.91 Å². The highest BCUT2D eigenvalue weighted by Gasteiger charge is 2.40. The van der Waals surface area contributed by atoms with Crippen molar-refractivity contribution in [1.82, 2.24) is 0 Å². The maximum absolute atomic E-state index is 12.0. The van der Waals surface area contributed by atoms with Crippen molar-refractivity contribution in [3.8, 4) is 0 Å². The predicted octanol–water partition coefficient (Wildman–Crippen LogP) is 2.63. The van der Waals surface area contributed by atoms with Gasteiger partial charge in [0, 0.05) is 6.04 Å². The molecule has 0 saturated carbocycles. The minimum absolute atomic E-state index is 0.0555. The number of hydrogen-bond acceptors (Lipinski definition) is 2. The van der Waals surface area contributed by atoms with Gasteiger partial charge in [-0.15, -0.1) is 0 Å². The highest BCUT2D eigenvalue weighted by Crippen LogP contribution is 2.37. The molecule has 0 saturated heterocycles. The number of nitrogens with one attached hydrogen (secondary N) is 1. The Kier molecular flexibility index (Phi) is 2.41. The van der Waals surface area contributed by atoms with Crippen molar-refractivity contribution in [2.24, 2.45) is 0 Å². The fraction of sp³-hybridized carbons (Fsp3) is 0.462. The number of anilines is 2. The number of rotatable bonds is 1. The fourth-order valence-corrected chi connectivity index (χ4v) is 2.40. The summed E-state index contributed by atoms with van der Waals surface area (Å²) in [6.45, 7) is 8.13. The fourth-order valence-electron chi connectivity index (χ4n) is 2.40. The van der Waals surface area contributed by atoms with Gasteiger partial charge in [-0.2, -0.15) is 0 Å². The molecule has 1 aromatic rings. The summed E-state index contributed by atoms with van der Waals surface area (Å²) >= 11 is 0. The van der Waals surface area contributed by atoms with Gasteiger partial charge in [-0.25, -0.2) is 0 Å². The Hall–Kier alpha value is -1.51. The third-order valence-electron chi connectivity index (χ3n) is 3.09. The minimum Gasteiger partial charge on any atom is -0.353 e. The molecule has 3 heteroatoms. The summed E-state index contributed by atoms with van der Waals surface area (Å²) < 4.78 is 0. The number of para-hydroxylation sites is 2. The first kappa shape index (κ1) is 11.0. The van der Waals surface area contributed by atoms with Crippen LogP contribution < -0.4 is 10.2 Å². The Labute approximate surface area is 96.5 Å². The van der Waals surface area contributed by atoms with E-state index < -0.39 is 5.54 Å². The summed E-state index contributed by atoms with van der Waals surface area (Å²) in [5, 5.41) is 2.95. The van der Waals surface area contributed by atoms with Crippen LogP contribution in [0.4, 0.5) is 11.4 Å². The lowest BCUT2D eigenvalue weighted by Crippen LogP contribution is -2.58. The molecule has 1 N–H and O–H groups in total. The number of amides is 1. The predicted molar refractivity (Wildman–Crippen MR) is 66.8 cm³/mol. The second-order valence-electron chi connectivity index (χ2n) is 4.99. The average molecular weight is 218 g/mol. The molecule has 3 nitrogen and oxygen atoms in total. The van der Waals surface area contributed by atoms with Crippen molar-refractivity contribution in [3.63, 3.8) is 0 Å². The standard InChI is InChI=1S/C13H18N2O/c1-9(2)15-11-8-6-5-7-10(11)14-12(16)13(15,3)4/h5-9H,1-4H3,(H,14,16). The smallest absolute Gasteiger partial charge is 0.249 e. The van der Waals surface area contributed by atoms with E-state index in [-0.39, 0.29) is 5.91 Å². The van der Waals surface area contributed by atoms with E-state index in [2.05, 4.69) is 30.1 Å². The van der Waals surface area contributed by atoms with Crippen LogP contribution in [-0.2, 0) is 4.79 Å². The summed E-state index contributed by atoms with van der Waals surface area (Å²) in [7, 11) is 0. The van der Waals surface area contributed by atoms with Crippen molar-refractivity contribution >= 4 is 17.3 Å². The number of carbonyl (C=O) groups excluding carboxylic acids is 1. The van der Waals surface area contributed by atoms with Gasteiger partial charge in [0.25, 0.3) is 0 Å². The molecule has 86 valence electrons. The first-order valence-electron chi connectivity index (χ1n) is 5.64. The summed E-state index contributed by atoms with van der Waals surface area (Å²) in [5.74, 6) is 0.0555. The highest BCUT2D eigenvalue weighted by molar-refractivity contribution is 6.06. The molecule has 0 spiro atoms. The van der Waals surface area contributed by atoms with E-state index in [0.29, 0.717) is 6.04 Å². The molecule has 16 heavy (non-hydrogen) atoms. The second kappa shape index (κ2) is 3.51. The lowest BCUT2D eigenvalue weighted by molar-refractivity contribution is -0.120. The highest BCUT2D eigenvalue weighted by atomic mass is 16.2. The van der Waals surface area contributed by atoms with Crippen LogP contribution in [0, 0.1) is 0 Å². The lowest BCUT2D eigenvalue weighted by Gasteiger charge is -2.46. The molecule has 0 unspecified atom stereocenters. The number of nitrogens with zero attached hydrogens (tertiary/aromatic N) is 1. The van der Waals surface area contributed by atoms with Gasteiger partial charge in [-0.05, 0) is 39.8 Å². The van der Waals surface area contributed by atoms with Crippen molar-refractivity contribution < 1.29 is 4.79 Å². The molecule has 2 rings (SSSR count). The van der Waals surface area contributed by atoms with Gasteiger partial charge < -0.3 is 10.2 Å². The Balaban J connectivity index is 2.58. The van der Waals surface area contributed by atoms with Crippen LogP contribution in [0.5, 0.6) is 0 Å². The summed E-state index contributed by atoms with van der Waals surface area (Å²) in [6, 6.07) is 8.23. The van der Waals surface area contributed by atoms with Crippen LogP contribution in [0.1, 0.15) is 27.7 Å². The van der Waals surface area contributed by atoms with Gasteiger partial charge in [-0.3, -0.25) is 4.79 Å². The number of carbonyl (C=O) groups is 1. The normalized spacial score (nSPS) is 18.3. The van der Waals surface area contributed by atoms with Crippen LogP contribution in [0.3, 0.4) is 0 Å². The maximum Gasteiger partial charge on any atom is 0.249 e. The second-order valence-corrected chi connectivity index (χ2v) is 4.99. The third-order valence-corrected chi connectivity index (χ3v) is 3.09. The van der Waals surface area contributed by atoms with Gasteiger partial charge in [0.15, 0.2) is 0 Å². The Morgan fingerprint density at radius 2 is 1.88 bits per heavy atom. The topological polar surface area (TPSA) is 32.3 Å². The van der Waals surface area contributed by atoms with Crippen LogP contribution in [-0.4, -0.2) is 17.5 Å². The van der Waals surface area contributed by atoms with Crippen molar-refractivity contribution in [2.45, 2.75) is 39.3 Å². The van der Waals surface area contributed by atoms with E-state index in [9.17, 15) is 4.79 Å². The van der Waals surface area contributed by atoms with Crippen molar-refractivity contribution in [3.05, 3.63) is 24.3 Å². The Morgan fingerprint density at radius 1 is 1.25 bits per heavy atom. The molecule has 0 radical (unpaired) electrons. The van der Waals surface area contributed by atoms with Crippen molar-refractivity contribution in [1.29, 1.82) is 0 Å². The monoisotopic (exact) mass is 218 g/mol. The van der Waals surface area contributed by atoms with E-state index >= 15 is 0 Å². The molecule has 0 fully saturated rings. The van der Waals surface area contributed by atoms with Crippen LogP contribution >= 0.6 is 0 Å². The zero-order valence-corrected chi connectivity index (χ0v) is 10.2. The Morgan fingerprint density at radius 3 is 2.50 bits per heavy atom. The first-order chi connectivity index (χ1) is 7.44. The van der Waals surface area contributed by atoms with Crippen LogP contribution in [0.2, 0.25) is 0 Å². The molecule has 1 aromatic carbocycles. The van der Waals surface area contributed by atoms with E-state index in [1.54, 1.807) is 0 Å². The lowest BCUT2D eigenvalue weighted by atomic mass is 9.94. The molecule has 0 bridgehead atoms. The molecule has 0 atom stereocenters. The molecule has 0 aliphatic carbocycles. The Bertz CT molecular complexity index is 424. The van der Waals surface area contributed by atoms with Crippen LogP contribution in [0.25, 0.3) is 0 Å². The SMILES string of the molecule is CC(C)N1c2ccccc2NC(=O)C1(C)C. The molecular formula is C13H18N2O. The minimum atomic E-state index is -0.498. The number of hydrogen-bond donors (Lipinski definition) is 1. The van der Waals surface area contributed by atoms with Crippen molar-refractivity contribution in [2.75, 3.05) is 10.2 Å². The molecule has 1 amide bonds. The van der Waals surface area contributed by atoms with Gasteiger partial charge in [-0.1, -0.05) is 12.1 Å². The van der Waals surface area contributed by atoms with Gasteiger partial charge in [0.1, 0.15) is 5.54 Å². The largest absolute Gasteiger partial charge is 0.353 e. The molecule has 1 aliphatic heterocycles. The van der Waals surface area contributed by atoms with E-state index in [0.717, 1.165) is 11.4 Å². The summed E-state index contributed by atoms with van der Waals surface area (Å²) in [4.78, 5) is 14.2. The molecule has 1 heterocycles. The molecular weight excluding hydrogens is 200 g/mol. The maximum atomic E-state index is 12.0. The summed E-state index contributed by atoms with van der Waals surface area (Å²) in [6.07, 6.45) is 0. The van der Waals surface area contributed by atoms with E-state index in [1.165, 1.54) is 0 Å². The molecule has 1 aliphatic rings. The van der Waals surface area contributed by atoms with Gasteiger partial charge in [0.05, 0.1) is 11.4 Å². The van der Waals surface area contributed by atoms with E-state index in [1.807, 2.05) is 32.0 Å². The average Bonchev–Trinajstić information content (AvgIpc) is 2.18. The number of fused-ring (bicyclic) bond motifs is 1. The van der Waals surface area contributed by atoms with Gasteiger partial charge >= 0.3 is 0 Å². The summed E-state index contributed by atoms with van der Waals surface area (Å²) in [5.41, 5.74) is 1.50. The zero-order valence-electron chi connectivity index (χ0n) is 10.2. The quantitative estimate of drug-likeness (QED) is 0.786. The van der Waals surface area contributed by atoms with E-state index in [4.69, 9.17) is 0 Å². The first-order valence-corrected chi connectivity index (χ1v) is 5.64. The molecule has 0 aromatic heterocycles. The van der Waals surface area contributed by atoms with Crippen LogP contribution in [0.15, 0.2) is 24.3 Å².